The number of piperidine rings is 1. The zero-order chi connectivity index (χ0) is 20.1. The van der Waals surface area contributed by atoms with Crippen LogP contribution >= 0.6 is 0 Å². The van der Waals surface area contributed by atoms with E-state index in [0.717, 1.165) is 12.8 Å². The summed E-state index contributed by atoms with van der Waals surface area (Å²) in [5.74, 6) is -0.0626. The molecule has 1 heterocycles. The monoisotopic (exact) mass is 404 g/mol. The third-order valence-electron chi connectivity index (χ3n) is 5.13. The van der Waals surface area contributed by atoms with Gasteiger partial charge in [-0.15, -0.1) is 0 Å². The summed E-state index contributed by atoms with van der Waals surface area (Å²) in [7, 11) is -3.53. The van der Waals surface area contributed by atoms with Crippen LogP contribution in [-0.2, 0) is 16.4 Å². The lowest BCUT2D eigenvalue weighted by molar-refractivity contribution is 0.0954. The van der Waals surface area contributed by atoms with Gasteiger partial charge in [-0.3, -0.25) is 4.79 Å². The maximum absolute atomic E-state index is 13.6. The molecule has 1 N–H and O–H groups in total. The van der Waals surface area contributed by atoms with Crippen molar-refractivity contribution in [3.63, 3.8) is 0 Å². The van der Waals surface area contributed by atoms with E-state index in [1.54, 1.807) is 18.2 Å². The lowest BCUT2D eigenvalue weighted by Gasteiger charge is -2.29. The SMILES string of the molecule is CC1CCN(S(=O)(=O)c2ccc(C(=O)NCCc3ccccc3F)cc2)CC1. The number of hydrogen-bond acceptors (Lipinski definition) is 3. The number of nitrogens with zero attached hydrogens (tertiary/aromatic N) is 1. The molecular weight excluding hydrogens is 379 g/mol. The highest BCUT2D eigenvalue weighted by Gasteiger charge is 2.28. The van der Waals surface area contributed by atoms with Crippen molar-refractivity contribution in [1.29, 1.82) is 0 Å². The van der Waals surface area contributed by atoms with Gasteiger partial charge in [0.25, 0.3) is 5.91 Å². The molecule has 3 rings (SSSR count). The number of benzene rings is 2. The van der Waals surface area contributed by atoms with Gasteiger partial charge < -0.3 is 5.32 Å². The number of rotatable bonds is 6. The fraction of sp³-hybridized carbons (Fsp3) is 0.381. The minimum absolute atomic E-state index is 0.199. The molecule has 1 saturated heterocycles. The molecule has 1 amide bonds. The minimum Gasteiger partial charge on any atom is -0.352 e. The van der Waals surface area contributed by atoms with Crippen LogP contribution in [0, 0.1) is 11.7 Å². The Morgan fingerprint density at radius 1 is 1.11 bits per heavy atom. The predicted molar refractivity (Wildman–Crippen MR) is 106 cm³/mol. The normalized spacial score (nSPS) is 16.1. The van der Waals surface area contributed by atoms with Crippen molar-refractivity contribution in [3.05, 3.63) is 65.5 Å². The smallest absolute Gasteiger partial charge is 0.251 e. The van der Waals surface area contributed by atoms with Gasteiger partial charge in [-0.05, 0) is 61.1 Å². The quantitative estimate of drug-likeness (QED) is 0.804. The lowest BCUT2D eigenvalue weighted by Crippen LogP contribution is -2.37. The number of sulfonamides is 1. The summed E-state index contributed by atoms with van der Waals surface area (Å²) in [6.45, 7) is 3.49. The van der Waals surface area contributed by atoms with E-state index in [2.05, 4.69) is 12.2 Å². The van der Waals surface area contributed by atoms with Crippen molar-refractivity contribution < 1.29 is 17.6 Å². The molecule has 0 atom stereocenters. The van der Waals surface area contributed by atoms with E-state index in [4.69, 9.17) is 0 Å². The summed E-state index contributed by atoms with van der Waals surface area (Å²) in [6.07, 6.45) is 2.11. The van der Waals surface area contributed by atoms with E-state index in [0.29, 0.717) is 43.1 Å². The van der Waals surface area contributed by atoms with E-state index in [1.807, 2.05) is 0 Å². The van der Waals surface area contributed by atoms with Gasteiger partial charge in [0.15, 0.2) is 0 Å². The first-order valence-corrected chi connectivity index (χ1v) is 10.9. The Kier molecular flexibility index (Phi) is 6.46. The molecule has 2 aromatic rings. The van der Waals surface area contributed by atoms with Crippen LogP contribution < -0.4 is 5.32 Å². The molecule has 2 aromatic carbocycles. The number of amides is 1. The lowest BCUT2D eigenvalue weighted by atomic mass is 10.0. The molecule has 0 aromatic heterocycles. The average Bonchev–Trinajstić information content (AvgIpc) is 2.70. The maximum atomic E-state index is 13.6. The fourth-order valence-corrected chi connectivity index (χ4v) is 4.74. The second-order valence-electron chi connectivity index (χ2n) is 7.21. The van der Waals surface area contributed by atoms with Crippen LogP contribution in [0.1, 0.15) is 35.7 Å². The topological polar surface area (TPSA) is 66.5 Å². The van der Waals surface area contributed by atoms with Crippen molar-refractivity contribution in [2.45, 2.75) is 31.1 Å². The summed E-state index contributed by atoms with van der Waals surface area (Å²) in [5, 5.41) is 2.74. The Morgan fingerprint density at radius 2 is 1.75 bits per heavy atom. The molecule has 5 nitrogen and oxygen atoms in total. The highest BCUT2D eigenvalue weighted by atomic mass is 32.2. The third kappa shape index (κ3) is 4.77. The molecule has 150 valence electrons. The summed E-state index contributed by atoms with van der Waals surface area (Å²) >= 11 is 0. The first-order chi connectivity index (χ1) is 13.4. The zero-order valence-electron chi connectivity index (χ0n) is 15.9. The third-order valence-corrected chi connectivity index (χ3v) is 7.05. The van der Waals surface area contributed by atoms with E-state index in [9.17, 15) is 17.6 Å². The van der Waals surface area contributed by atoms with Crippen LogP contribution in [0.25, 0.3) is 0 Å². The Morgan fingerprint density at radius 3 is 2.39 bits per heavy atom. The van der Waals surface area contributed by atoms with Crippen molar-refractivity contribution in [2.75, 3.05) is 19.6 Å². The van der Waals surface area contributed by atoms with Gasteiger partial charge in [0.2, 0.25) is 10.0 Å². The van der Waals surface area contributed by atoms with Gasteiger partial charge in [-0.2, -0.15) is 4.31 Å². The summed E-state index contributed by atoms with van der Waals surface area (Å²) in [5.41, 5.74) is 0.917. The molecule has 1 aliphatic heterocycles. The van der Waals surface area contributed by atoms with Crippen molar-refractivity contribution in [2.24, 2.45) is 5.92 Å². The van der Waals surface area contributed by atoms with Gasteiger partial charge in [-0.1, -0.05) is 25.1 Å². The number of halogens is 1. The maximum Gasteiger partial charge on any atom is 0.251 e. The van der Waals surface area contributed by atoms with E-state index in [1.165, 1.54) is 34.6 Å². The summed E-state index contributed by atoms with van der Waals surface area (Å²) in [4.78, 5) is 12.5. The molecule has 0 bridgehead atoms. The Bertz CT molecular complexity index is 921. The van der Waals surface area contributed by atoms with E-state index < -0.39 is 10.0 Å². The number of carbonyl (C=O) groups is 1. The Balaban J connectivity index is 1.59. The Hall–Kier alpha value is -2.25. The van der Waals surface area contributed by atoms with Gasteiger partial charge >= 0.3 is 0 Å². The van der Waals surface area contributed by atoms with Crippen LogP contribution in [0.15, 0.2) is 53.4 Å². The summed E-state index contributed by atoms with van der Waals surface area (Å²) < 4.78 is 40.6. The van der Waals surface area contributed by atoms with Crippen molar-refractivity contribution >= 4 is 15.9 Å². The molecule has 0 spiro atoms. The van der Waals surface area contributed by atoms with E-state index >= 15 is 0 Å². The molecule has 0 unspecified atom stereocenters. The van der Waals surface area contributed by atoms with Crippen LogP contribution in [-0.4, -0.2) is 38.3 Å². The molecule has 0 radical (unpaired) electrons. The van der Waals surface area contributed by atoms with Crippen molar-refractivity contribution in [1.82, 2.24) is 9.62 Å². The predicted octanol–water partition coefficient (Wildman–Crippen LogP) is 3.22. The molecule has 1 aliphatic rings. The van der Waals surface area contributed by atoms with Gasteiger partial charge in [0.1, 0.15) is 5.82 Å². The number of hydrogen-bond donors (Lipinski definition) is 1. The molecule has 7 heteroatoms. The number of nitrogens with one attached hydrogen (secondary N) is 1. The summed E-state index contributed by atoms with van der Waals surface area (Å²) in [6, 6.07) is 12.4. The molecule has 28 heavy (non-hydrogen) atoms. The molecule has 1 fully saturated rings. The van der Waals surface area contributed by atoms with Gasteiger partial charge in [0, 0.05) is 25.2 Å². The zero-order valence-corrected chi connectivity index (χ0v) is 16.7. The van der Waals surface area contributed by atoms with Crippen LogP contribution in [0.4, 0.5) is 4.39 Å². The first kappa shape index (κ1) is 20.5. The molecule has 0 saturated carbocycles. The highest BCUT2D eigenvalue weighted by Crippen LogP contribution is 2.23. The minimum atomic E-state index is -3.53. The largest absolute Gasteiger partial charge is 0.352 e. The first-order valence-electron chi connectivity index (χ1n) is 9.50. The second kappa shape index (κ2) is 8.84. The van der Waals surface area contributed by atoms with E-state index in [-0.39, 0.29) is 16.6 Å². The highest BCUT2D eigenvalue weighted by molar-refractivity contribution is 7.89. The molecule has 0 aliphatic carbocycles. The standard InChI is InChI=1S/C21H25FN2O3S/c1-16-11-14-24(15-12-16)28(26,27)19-8-6-18(7-9-19)21(25)23-13-10-17-4-2-3-5-20(17)22/h2-9,16H,10-15H2,1H3,(H,23,25). The Labute approximate surface area is 165 Å². The second-order valence-corrected chi connectivity index (χ2v) is 9.15. The van der Waals surface area contributed by atoms with Gasteiger partial charge in [-0.25, -0.2) is 12.8 Å². The van der Waals surface area contributed by atoms with Crippen LogP contribution in [0.2, 0.25) is 0 Å². The van der Waals surface area contributed by atoms with Crippen molar-refractivity contribution in [3.8, 4) is 0 Å². The van der Waals surface area contributed by atoms with Crippen LogP contribution in [0.5, 0.6) is 0 Å². The fourth-order valence-electron chi connectivity index (χ4n) is 3.27. The van der Waals surface area contributed by atoms with Crippen LogP contribution in [0.3, 0.4) is 0 Å². The number of carbonyl (C=O) groups excluding carboxylic acids is 1. The average molecular weight is 405 g/mol. The molecular formula is C21H25FN2O3S. The van der Waals surface area contributed by atoms with Gasteiger partial charge in [0.05, 0.1) is 4.90 Å².